The van der Waals surface area contributed by atoms with Gasteiger partial charge in [-0.05, 0) is 63.4 Å². The van der Waals surface area contributed by atoms with Crippen molar-refractivity contribution in [3.05, 3.63) is 53.6 Å². The topological polar surface area (TPSA) is 99.0 Å². The van der Waals surface area contributed by atoms with Gasteiger partial charge in [-0.3, -0.25) is 4.72 Å². The highest BCUT2D eigenvalue weighted by atomic mass is 32.2. The van der Waals surface area contributed by atoms with E-state index in [2.05, 4.69) is 19.8 Å². The second-order valence-electron chi connectivity index (χ2n) is 6.89. The summed E-state index contributed by atoms with van der Waals surface area (Å²) in [4.78, 5) is 8.42. The minimum Gasteiger partial charge on any atom is -0.439 e. The summed E-state index contributed by atoms with van der Waals surface area (Å²) in [5.41, 5.74) is 3.59. The lowest BCUT2D eigenvalue weighted by atomic mass is 10.2. The van der Waals surface area contributed by atoms with E-state index in [1.54, 1.807) is 35.0 Å². The molecule has 0 atom stereocenters. The van der Waals surface area contributed by atoms with E-state index in [9.17, 15) is 8.42 Å². The van der Waals surface area contributed by atoms with Crippen LogP contribution in [0.15, 0.2) is 36.7 Å². The minimum atomic E-state index is -3.27. The van der Waals surface area contributed by atoms with Crippen molar-refractivity contribution in [2.24, 2.45) is 0 Å². The Labute approximate surface area is 163 Å². The Kier molecular flexibility index (Phi) is 4.54. The summed E-state index contributed by atoms with van der Waals surface area (Å²) in [6.07, 6.45) is 2.87. The van der Waals surface area contributed by atoms with E-state index in [1.807, 2.05) is 20.8 Å². The number of nitrogens with one attached hydrogen (secondary N) is 1. The first kappa shape index (κ1) is 18.4. The molecule has 1 N–H and O–H groups in total. The summed E-state index contributed by atoms with van der Waals surface area (Å²) >= 11 is 0. The Morgan fingerprint density at radius 2 is 1.82 bits per heavy atom. The summed E-state index contributed by atoms with van der Waals surface area (Å²) in [7, 11) is -3.27. The molecule has 0 saturated heterocycles. The van der Waals surface area contributed by atoms with Gasteiger partial charge in [0.05, 0.1) is 10.9 Å². The predicted molar refractivity (Wildman–Crippen MR) is 105 cm³/mol. The number of rotatable bonds is 6. The third kappa shape index (κ3) is 3.70. The summed E-state index contributed by atoms with van der Waals surface area (Å²) in [6, 6.07) is 8.44. The largest absolute Gasteiger partial charge is 0.439 e. The van der Waals surface area contributed by atoms with Crippen LogP contribution in [0, 0.1) is 20.8 Å². The first-order valence-corrected chi connectivity index (χ1v) is 10.5. The molecule has 8 nitrogen and oxygen atoms in total. The fourth-order valence-corrected chi connectivity index (χ4v) is 4.17. The maximum Gasteiger partial charge on any atom is 0.235 e. The molecule has 0 unspecified atom stereocenters. The molecule has 1 aliphatic carbocycles. The van der Waals surface area contributed by atoms with Crippen molar-refractivity contribution in [1.29, 1.82) is 0 Å². The van der Waals surface area contributed by atoms with Crippen LogP contribution in [0.1, 0.15) is 29.8 Å². The maximum absolute atomic E-state index is 12.0. The van der Waals surface area contributed by atoms with Crippen LogP contribution in [-0.2, 0) is 10.0 Å². The summed E-state index contributed by atoms with van der Waals surface area (Å²) in [5, 5.41) is 4.24. The van der Waals surface area contributed by atoms with Gasteiger partial charge in [0, 0.05) is 17.4 Å². The zero-order valence-electron chi connectivity index (χ0n) is 15.9. The number of ether oxygens (including phenoxy) is 1. The van der Waals surface area contributed by atoms with Gasteiger partial charge in [-0.15, -0.1) is 0 Å². The van der Waals surface area contributed by atoms with E-state index >= 15 is 0 Å². The molecule has 2 aromatic heterocycles. The second-order valence-corrected chi connectivity index (χ2v) is 8.86. The van der Waals surface area contributed by atoms with Gasteiger partial charge >= 0.3 is 0 Å². The first-order chi connectivity index (χ1) is 13.3. The number of nitrogens with zero attached hydrogens (tertiary/aromatic N) is 4. The molecule has 28 heavy (non-hydrogen) atoms. The molecule has 4 rings (SSSR count). The van der Waals surface area contributed by atoms with Crippen molar-refractivity contribution in [2.45, 2.75) is 38.9 Å². The lowest BCUT2D eigenvalue weighted by molar-refractivity contribution is 0.460. The van der Waals surface area contributed by atoms with Crippen molar-refractivity contribution in [3.63, 3.8) is 0 Å². The molecule has 3 aromatic rings. The van der Waals surface area contributed by atoms with Gasteiger partial charge in [-0.1, -0.05) is 0 Å². The lowest BCUT2D eigenvalue weighted by Gasteiger charge is -2.09. The Morgan fingerprint density at radius 1 is 1.11 bits per heavy atom. The zero-order chi connectivity index (χ0) is 19.9. The molecule has 1 saturated carbocycles. The van der Waals surface area contributed by atoms with E-state index < -0.39 is 10.0 Å². The number of sulfonamides is 1. The number of benzene rings is 1. The monoisotopic (exact) mass is 399 g/mol. The highest BCUT2D eigenvalue weighted by Gasteiger charge is 2.35. The molecular weight excluding hydrogens is 378 g/mol. The average Bonchev–Trinajstić information content (AvgIpc) is 3.49. The van der Waals surface area contributed by atoms with E-state index in [-0.39, 0.29) is 5.25 Å². The van der Waals surface area contributed by atoms with Crippen molar-refractivity contribution in [1.82, 2.24) is 19.7 Å². The van der Waals surface area contributed by atoms with E-state index in [0.717, 1.165) is 29.8 Å². The van der Waals surface area contributed by atoms with Gasteiger partial charge in [0.25, 0.3) is 0 Å². The summed E-state index contributed by atoms with van der Waals surface area (Å²) < 4.78 is 34.1. The Bertz CT molecular complexity index is 1120. The molecule has 1 aromatic carbocycles. The lowest BCUT2D eigenvalue weighted by Crippen LogP contribution is -2.17. The van der Waals surface area contributed by atoms with Crippen LogP contribution < -0.4 is 9.46 Å². The molecule has 0 aliphatic heterocycles. The van der Waals surface area contributed by atoms with Gasteiger partial charge in [-0.2, -0.15) is 5.10 Å². The molecule has 9 heteroatoms. The van der Waals surface area contributed by atoms with E-state index in [1.165, 1.54) is 6.33 Å². The summed E-state index contributed by atoms with van der Waals surface area (Å²) in [6.45, 7) is 5.96. The Hall–Kier alpha value is -2.94. The maximum atomic E-state index is 12.0. The highest BCUT2D eigenvalue weighted by molar-refractivity contribution is 7.93. The average molecular weight is 399 g/mol. The quantitative estimate of drug-likeness (QED) is 0.683. The third-order valence-corrected chi connectivity index (χ3v) is 6.67. The van der Waals surface area contributed by atoms with Crippen molar-refractivity contribution < 1.29 is 13.2 Å². The normalized spacial score (nSPS) is 14.1. The van der Waals surface area contributed by atoms with Crippen LogP contribution >= 0.6 is 0 Å². The number of aromatic nitrogens is 4. The van der Waals surface area contributed by atoms with Crippen molar-refractivity contribution >= 4 is 15.7 Å². The summed E-state index contributed by atoms with van der Waals surface area (Å²) in [5.74, 6) is 1.54. The molecule has 1 fully saturated rings. The SMILES string of the molecule is Cc1nn(-c2cc(Oc3ccc(NS(=O)(=O)C4CC4)cc3)ncn2)c(C)c1C. The van der Waals surface area contributed by atoms with Crippen LogP contribution in [0.3, 0.4) is 0 Å². The van der Waals surface area contributed by atoms with Crippen LogP contribution in [0.5, 0.6) is 11.6 Å². The number of hydrogen-bond acceptors (Lipinski definition) is 6. The second kappa shape index (κ2) is 6.90. The highest BCUT2D eigenvalue weighted by Crippen LogP contribution is 2.30. The van der Waals surface area contributed by atoms with Crippen LogP contribution in [0.2, 0.25) is 0 Å². The molecule has 1 aliphatic rings. The first-order valence-electron chi connectivity index (χ1n) is 8.98. The van der Waals surface area contributed by atoms with Crippen molar-refractivity contribution in [2.75, 3.05) is 4.72 Å². The molecule has 0 bridgehead atoms. The van der Waals surface area contributed by atoms with Gasteiger partial charge in [0.2, 0.25) is 15.9 Å². The molecule has 0 amide bonds. The molecule has 0 spiro atoms. The molecular formula is C19H21N5O3S. The zero-order valence-corrected chi connectivity index (χ0v) is 16.7. The molecule has 146 valence electrons. The third-order valence-electron chi connectivity index (χ3n) is 4.80. The van der Waals surface area contributed by atoms with Gasteiger partial charge in [-0.25, -0.2) is 23.1 Å². The van der Waals surface area contributed by atoms with Crippen LogP contribution in [0.25, 0.3) is 5.82 Å². The Morgan fingerprint density at radius 3 is 2.43 bits per heavy atom. The molecule has 0 radical (unpaired) electrons. The van der Waals surface area contributed by atoms with Gasteiger partial charge in [0.15, 0.2) is 5.82 Å². The smallest absolute Gasteiger partial charge is 0.235 e. The molecule has 2 heterocycles. The van der Waals surface area contributed by atoms with Gasteiger partial charge < -0.3 is 4.74 Å². The fraction of sp³-hybridized carbons (Fsp3) is 0.316. The van der Waals surface area contributed by atoms with E-state index in [0.29, 0.717) is 23.1 Å². The number of anilines is 1. The number of aryl methyl sites for hydroxylation is 1. The van der Waals surface area contributed by atoms with Crippen LogP contribution in [0.4, 0.5) is 5.69 Å². The van der Waals surface area contributed by atoms with Gasteiger partial charge in [0.1, 0.15) is 12.1 Å². The van der Waals surface area contributed by atoms with E-state index in [4.69, 9.17) is 4.74 Å². The minimum absolute atomic E-state index is 0.263. The number of hydrogen-bond donors (Lipinski definition) is 1. The fourth-order valence-electron chi connectivity index (χ4n) is 2.78. The van der Waals surface area contributed by atoms with Crippen LogP contribution in [-0.4, -0.2) is 33.4 Å². The standard InChI is InChI=1S/C19H21N5O3S/c1-12-13(2)22-24(14(12)3)18-10-19(21-11-20-18)27-16-6-4-15(5-7-16)23-28(25,26)17-8-9-17/h4-7,10-11,17,23H,8-9H2,1-3H3. The van der Waals surface area contributed by atoms with Crippen molar-refractivity contribution in [3.8, 4) is 17.4 Å². The predicted octanol–water partition coefficient (Wildman–Crippen LogP) is 3.28. The Balaban J connectivity index is 1.51.